The molecule has 0 aliphatic rings. The highest BCUT2D eigenvalue weighted by Crippen LogP contribution is 2.18. The number of aliphatic carboxylic acids is 1. The van der Waals surface area contributed by atoms with E-state index < -0.39 is 11.8 Å². The first kappa shape index (κ1) is 9.74. The van der Waals surface area contributed by atoms with E-state index in [1.807, 2.05) is 0 Å². The van der Waals surface area contributed by atoms with E-state index >= 15 is 0 Å². The van der Waals surface area contributed by atoms with Crippen LogP contribution in [0.4, 0.5) is 4.39 Å². The van der Waals surface area contributed by atoms with Crippen molar-refractivity contribution in [2.24, 2.45) is 0 Å². The van der Waals surface area contributed by atoms with Gasteiger partial charge in [0.15, 0.2) is 0 Å². The van der Waals surface area contributed by atoms with Crippen molar-refractivity contribution in [1.29, 1.82) is 0 Å². The minimum Gasteiger partial charge on any atom is -0.478 e. The molecule has 0 aromatic heterocycles. The first-order valence-electron chi connectivity index (χ1n) is 3.45. The first-order valence-corrected chi connectivity index (χ1v) is 3.83. The maximum atomic E-state index is 13.0. The van der Waals surface area contributed by atoms with E-state index in [-0.39, 0.29) is 5.56 Å². The van der Waals surface area contributed by atoms with Crippen molar-refractivity contribution in [3.63, 3.8) is 0 Å². The molecule has 0 amide bonds. The predicted octanol–water partition coefficient (Wildman–Crippen LogP) is 2.74. The van der Waals surface area contributed by atoms with Crippen molar-refractivity contribution in [2.45, 2.75) is 0 Å². The molecule has 1 N–H and O–H groups in total. The van der Waals surface area contributed by atoms with Gasteiger partial charge in [0.25, 0.3) is 0 Å². The van der Waals surface area contributed by atoms with Crippen molar-refractivity contribution in [3.05, 3.63) is 40.9 Å². The average molecular weight is 201 g/mol. The minimum atomic E-state index is -1.31. The Morgan fingerprint density at radius 2 is 1.92 bits per heavy atom. The molecule has 0 bridgehead atoms. The summed E-state index contributed by atoms with van der Waals surface area (Å²) in [5.74, 6) is -2.10. The van der Waals surface area contributed by atoms with E-state index in [9.17, 15) is 9.18 Å². The van der Waals surface area contributed by atoms with Crippen LogP contribution in [0.15, 0.2) is 30.3 Å². The largest absolute Gasteiger partial charge is 0.478 e. The molecule has 0 heterocycles. The second kappa shape index (κ2) is 4.05. The Morgan fingerprint density at radius 1 is 1.38 bits per heavy atom. The Bertz CT molecular complexity index is 343. The third kappa shape index (κ3) is 2.87. The highest BCUT2D eigenvalue weighted by Gasteiger charge is 2.01. The number of halogens is 2. The lowest BCUT2D eigenvalue weighted by Crippen LogP contribution is -1.88. The predicted molar refractivity (Wildman–Crippen MR) is 48.2 cm³/mol. The van der Waals surface area contributed by atoms with Crippen LogP contribution in [0.2, 0.25) is 5.02 Å². The number of rotatable bonds is 2. The van der Waals surface area contributed by atoms with Crippen molar-refractivity contribution in [1.82, 2.24) is 0 Å². The minimum absolute atomic E-state index is 0.201. The molecule has 0 aliphatic carbocycles. The van der Waals surface area contributed by atoms with Crippen LogP contribution in [0, 0.1) is 0 Å². The number of hydrogen-bond acceptors (Lipinski definition) is 1. The molecule has 1 aromatic carbocycles. The quantitative estimate of drug-likeness (QED) is 0.746. The van der Waals surface area contributed by atoms with Gasteiger partial charge in [0.05, 0.1) is 6.08 Å². The second-order valence-corrected chi connectivity index (χ2v) is 2.77. The Hall–Kier alpha value is -1.35. The number of carboxylic acids is 1. The molecule has 0 saturated heterocycles. The van der Waals surface area contributed by atoms with E-state index in [1.54, 1.807) is 0 Å². The molecule has 2 nitrogen and oxygen atoms in total. The summed E-state index contributed by atoms with van der Waals surface area (Å²) in [6.07, 6.45) is 0.503. The van der Waals surface area contributed by atoms with Gasteiger partial charge in [-0.3, -0.25) is 0 Å². The maximum absolute atomic E-state index is 13.0. The van der Waals surface area contributed by atoms with Gasteiger partial charge in [0.2, 0.25) is 0 Å². The molecule has 0 aliphatic heterocycles. The Labute approximate surface area is 79.3 Å². The molecular formula is C9H6ClFO2. The van der Waals surface area contributed by atoms with Crippen LogP contribution in [0.5, 0.6) is 0 Å². The summed E-state index contributed by atoms with van der Waals surface area (Å²) in [6, 6.07) is 5.81. The van der Waals surface area contributed by atoms with Crippen LogP contribution in [-0.2, 0) is 4.79 Å². The molecule has 4 heteroatoms. The normalized spacial score (nSPS) is 11.4. The molecule has 0 spiro atoms. The van der Waals surface area contributed by atoms with Gasteiger partial charge >= 0.3 is 5.97 Å². The summed E-state index contributed by atoms with van der Waals surface area (Å²) >= 11 is 5.56. The van der Waals surface area contributed by atoms with Crippen LogP contribution < -0.4 is 0 Å². The summed E-state index contributed by atoms with van der Waals surface area (Å²) in [7, 11) is 0. The molecule has 0 unspecified atom stereocenters. The van der Waals surface area contributed by atoms with Gasteiger partial charge in [-0.1, -0.05) is 23.7 Å². The SMILES string of the molecule is O=C(O)/C=C(\F)c1ccc(Cl)cc1. The van der Waals surface area contributed by atoms with Crippen LogP contribution in [-0.4, -0.2) is 11.1 Å². The molecule has 1 aromatic rings. The first-order chi connectivity index (χ1) is 6.09. The summed E-state index contributed by atoms with van der Waals surface area (Å²) in [5.41, 5.74) is 0.201. The highest BCUT2D eigenvalue weighted by atomic mass is 35.5. The van der Waals surface area contributed by atoms with E-state index in [1.165, 1.54) is 24.3 Å². The zero-order valence-corrected chi connectivity index (χ0v) is 7.25. The number of hydrogen-bond donors (Lipinski definition) is 1. The average Bonchev–Trinajstić information content (AvgIpc) is 2.04. The van der Waals surface area contributed by atoms with Gasteiger partial charge in [-0.25, -0.2) is 9.18 Å². The van der Waals surface area contributed by atoms with Crippen molar-refractivity contribution < 1.29 is 14.3 Å². The van der Waals surface area contributed by atoms with Crippen LogP contribution >= 0.6 is 11.6 Å². The molecule has 68 valence electrons. The summed E-state index contributed by atoms with van der Waals surface area (Å²) in [4.78, 5) is 10.1. The van der Waals surface area contributed by atoms with E-state index in [0.717, 1.165) is 0 Å². The number of carboxylic acid groups (broad SMARTS) is 1. The summed E-state index contributed by atoms with van der Waals surface area (Å²) in [5, 5.41) is 8.74. The van der Waals surface area contributed by atoms with Crippen LogP contribution in [0.1, 0.15) is 5.56 Å². The summed E-state index contributed by atoms with van der Waals surface area (Å²) < 4.78 is 13.0. The van der Waals surface area contributed by atoms with E-state index in [2.05, 4.69) is 0 Å². The van der Waals surface area contributed by atoms with Gasteiger partial charge in [-0.05, 0) is 12.1 Å². The third-order valence-electron chi connectivity index (χ3n) is 1.37. The van der Waals surface area contributed by atoms with Gasteiger partial charge in [0.1, 0.15) is 5.83 Å². The third-order valence-corrected chi connectivity index (χ3v) is 1.62. The lowest BCUT2D eigenvalue weighted by atomic mass is 10.2. The van der Waals surface area contributed by atoms with Crippen LogP contribution in [0.3, 0.4) is 0 Å². The van der Waals surface area contributed by atoms with Crippen molar-refractivity contribution in [2.75, 3.05) is 0 Å². The Balaban J connectivity index is 2.96. The van der Waals surface area contributed by atoms with Gasteiger partial charge in [-0.2, -0.15) is 0 Å². The fraction of sp³-hybridized carbons (Fsp3) is 0. The molecule has 0 saturated carbocycles. The highest BCUT2D eigenvalue weighted by molar-refractivity contribution is 6.30. The monoisotopic (exact) mass is 200 g/mol. The molecule has 0 radical (unpaired) electrons. The lowest BCUT2D eigenvalue weighted by Gasteiger charge is -1.95. The van der Waals surface area contributed by atoms with Crippen LogP contribution in [0.25, 0.3) is 5.83 Å². The van der Waals surface area contributed by atoms with Crippen molar-refractivity contribution in [3.8, 4) is 0 Å². The van der Waals surface area contributed by atoms with Gasteiger partial charge in [-0.15, -0.1) is 0 Å². The zero-order chi connectivity index (χ0) is 9.84. The fourth-order valence-corrected chi connectivity index (χ4v) is 0.927. The summed E-state index contributed by atoms with van der Waals surface area (Å²) in [6.45, 7) is 0. The molecule has 0 fully saturated rings. The van der Waals surface area contributed by atoms with E-state index in [4.69, 9.17) is 16.7 Å². The topological polar surface area (TPSA) is 37.3 Å². The fourth-order valence-electron chi connectivity index (χ4n) is 0.801. The molecule has 1 rings (SSSR count). The Morgan fingerprint density at radius 3 is 2.38 bits per heavy atom. The Kier molecular flexibility index (Phi) is 3.03. The zero-order valence-electron chi connectivity index (χ0n) is 6.50. The number of carbonyl (C=O) groups is 1. The maximum Gasteiger partial charge on any atom is 0.331 e. The lowest BCUT2D eigenvalue weighted by molar-refractivity contribution is -0.131. The van der Waals surface area contributed by atoms with Crippen molar-refractivity contribution >= 4 is 23.4 Å². The molecule has 13 heavy (non-hydrogen) atoms. The van der Waals surface area contributed by atoms with Gasteiger partial charge in [0, 0.05) is 10.6 Å². The van der Waals surface area contributed by atoms with E-state index in [0.29, 0.717) is 11.1 Å². The van der Waals surface area contributed by atoms with Gasteiger partial charge < -0.3 is 5.11 Å². The molecular weight excluding hydrogens is 195 g/mol. The number of benzene rings is 1. The second-order valence-electron chi connectivity index (χ2n) is 2.34. The smallest absolute Gasteiger partial charge is 0.331 e. The standard InChI is InChI=1S/C9H6ClFO2/c10-7-3-1-6(2-4-7)8(11)5-9(12)13/h1-5H,(H,12,13)/b8-5-. The molecule has 0 atom stereocenters.